The standard InChI is InChI=1S/C19H21N5O2S.3ClH/c1-26-16-4-3-15(19-20-8-11-27-19)22-18(16)23-17-5-2-13(12-21-17)24-9-6-14(25)7-10-24;;;/h2-5,8,11-12,14,25H,6-7,9-10H2,1H3,(H,21,22,23);3*1H. The van der Waals surface area contributed by atoms with Crippen molar-refractivity contribution in [2.45, 2.75) is 18.9 Å². The minimum absolute atomic E-state index is 0. The molecular weight excluding hydrogens is 469 g/mol. The molecule has 1 aliphatic heterocycles. The SMILES string of the molecule is COc1ccc(-c2nccs2)nc1Nc1ccc(N2CCC(O)CC2)cn1.Cl.Cl.Cl. The molecule has 7 nitrogen and oxygen atoms in total. The highest BCUT2D eigenvalue weighted by Crippen LogP contribution is 2.30. The van der Waals surface area contributed by atoms with Gasteiger partial charge in [-0.05, 0) is 37.1 Å². The van der Waals surface area contributed by atoms with Crippen LogP contribution in [0.3, 0.4) is 0 Å². The first-order valence-corrected chi connectivity index (χ1v) is 9.72. The van der Waals surface area contributed by atoms with E-state index in [4.69, 9.17) is 4.74 Å². The van der Waals surface area contributed by atoms with Crippen LogP contribution in [0.25, 0.3) is 10.7 Å². The van der Waals surface area contributed by atoms with E-state index >= 15 is 0 Å². The van der Waals surface area contributed by atoms with Gasteiger partial charge in [0.05, 0.1) is 25.1 Å². The van der Waals surface area contributed by atoms with Crippen molar-refractivity contribution in [3.63, 3.8) is 0 Å². The van der Waals surface area contributed by atoms with Crippen molar-refractivity contribution in [2.75, 3.05) is 30.4 Å². The lowest BCUT2D eigenvalue weighted by molar-refractivity contribution is 0.145. The normalized spacial score (nSPS) is 13.5. The van der Waals surface area contributed by atoms with Gasteiger partial charge in [0.15, 0.2) is 11.6 Å². The van der Waals surface area contributed by atoms with Crippen LogP contribution in [0.5, 0.6) is 5.75 Å². The molecule has 0 aromatic carbocycles. The highest BCUT2D eigenvalue weighted by atomic mass is 35.5. The maximum atomic E-state index is 9.65. The molecule has 0 unspecified atom stereocenters. The number of hydrogen-bond acceptors (Lipinski definition) is 8. The van der Waals surface area contributed by atoms with E-state index in [1.165, 1.54) is 0 Å². The Balaban J connectivity index is 0.00000150. The van der Waals surface area contributed by atoms with E-state index in [9.17, 15) is 5.11 Å². The highest BCUT2D eigenvalue weighted by molar-refractivity contribution is 7.13. The quantitative estimate of drug-likeness (QED) is 0.539. The number of nitrogens with zero attached hydrogens (tertiary/aromatic N) is 4. The molecule has 4 heterocycles. The van der Waals surface area contributed by atoms with Crippen LogP contribution in [0.1, 0.15) is 12.8 Å². The fraction of sp³-hybridized carbons (Fsp3) is 0.316. The minimum Gasteiger partial charge on any atom is -0.493 e. The predicted molar refractivity (Wildman–Crippen MR) is 129 cm³/mol. The Hall–Kier alpha value is -1.84. The van der Waals surface area contributed by atoms with E-state index in [1.807, 2.05) is 35.8 Å². The molecule has 3 aromatic heterocycles. The Labute approximate surface area is 198 Å². The van der Waals surface area contributed by atoms with Crippen LogP contribution >= 0.6 is 48.6 Å². The lowest BCUT2D eigenvalue weighted by atomic mass is 10.1. The van der Waals surface area contributed by atoms with Gasteiger partial charge < -0.3 is 20.1 Å². The number of thiazole rings is 1. The fourth-order valence-corrected chi connectivity index (χ4v) is 3.67. The van der Waals surface area contributed by atoms with Gasteiger partial charge in [-0.2, -0.15) is 0 Å². The summed E-state index contributed by atoms with van der Waals surface area (Å²) in [7, 11) is 1.62. The average Bonchev–Trinajstić information content (AvgIpc) is 3.24. The molecule has 1 saturated heterocycles. The van der Waals surface area contributed by atoms with Gasteiger partial charge in [0.2, 0.25) is 0 Å². The summed E-state index contributed by atoms with van der Waals surface area (Å²) in [5.74, 6) is 1.94. The molecule has 0 spiro atoms. The number of piperidine rings is 1. The Morgan fingerprint density at radius 1 is 1.10 bits per heavy atom. The third kappa shape index (κ3) is 6.09. The molecule has 4 rings (SSSR count). The Morgan fingerprint density at radius 3 is 2.47 bits per heavy atom. The first-order chi connectivity index (χ1) is 13.2. The molecule has 3 aromatic rings. The lowest BCUT2D eigenvalue weighted by Crippen LogP contribution is -2.35. The van der Waals surface area contributed by atoms with E-state index < -0.39 is 0 Å². The topological polar surface area (TPSA) is 83.4 Å². The zero-order valence-corrected chi connectivity index (χ0v) is 19.5. The van der Waals surface area contributed by atoms with Crippen molar-refractivity contribution < 1.29 is 9.84 Å². The van der Waals surface area contributed by atoms with Crippen LogP contribution in [0, 0.1) is 0 Å². The zero-order chi connectivity index (χ0) is 18.6. The smallest absolute Gasteiger partial charge is 0.175 e. The first kappa shape index (κ1) is 26.2. The van der Waals surface area contributed by atoms with E-state index in [-0.39, 0.29) is 43.3 Å². The second-order valence-corrected chi connectivity index (χ2v) is 7.22. The Bertz CT molecular complexity index is 892. The summed E-state index contributed by atoms with van der Waals surface area (Å²) in [4.78, 5) is 15.7. The molecule has 0 radical (unpaired) electrons. The van der Waals surface area contributed by atoms with Crippen LogP contribution in [0.4, 0.5) is 17.3 Å². The fourth-order valence-electron chi connectivity index (χ4n) is 3.06. The summed E-state index contributed by atoms with van der Waals surface area (Å²) in [5, 5.41) is 15.7. The molecule has 30 heavy (non-hydrogen) atoms. The largest absolute Gasteiger partial charge is 0.493 e. The molecule has 11 heteroatoms. The molecule has 1 aliphatic rings. The molecule has 2 N–H and O–H groups in total. The van der Waals surface area contributed by atoms with Gasteiger partial charge in [-0.25, -0.2) is 15.0 Å². The molecule has 0 aliphatic carbocycles. The number of aliphatic hydroxyl groups excluding tert-OH is 1. The lowest BCUT2D eigenvalue weighted by Gasteiger charge is -2.31. The summed E-state index contributed by atoms with van der Waals surface area (Å²) >= 11 is 1.54. The Kier molecular flexibility index (Phi) is 10.6. The van der Waals surface area contributed by atoms with Crippen molar-refractivity contribution in [1.82, 2.24) is 15.0 Å². The molecule has 0 bridgehead atoms. The first-order valence-electron chi connectivity index (χ1n) is 8.84. The summed E-state index contributed by atoms with van der Waals surface area (Å²) in [5.41, 5.74) is 1.85. The van der Waals surface area contributed by atoms with Crippen LogP contribution < -0.4 is 15.0 Å². The van der Waals surface area contributed by atoms with Crippen molar-refractivity contribution in [3.05, 3.63) is 42.0 Å². The molecule has 0 saturated carbocycles. The molecular formula is C19H24Cl3N5O2S. The van der Waals surface area contributed by atoms with Crippen molar-refractivity contribution >= 4 is 65.9 Å². The number of methoxy groups -OCH3 is 1. The van der Waals surface area contributed by atoms with E-state index in [2.05, 4.69) is 25.2 Å². The van der Waals surface area contributed by atoms with Crippen molar-refractivity contribution in [2.24, 2.45) is 0 Å². The predicted octanol–water partition coefficient (Wildman–Crippen LogP) is 4.58. The second kappa shape index (κ2) is 12.1. The van der Waals surface area contributed by atoms with E-state index in [0.717, 1.165) is 42.3 Å². The summed E-state index contributed by atoms with van der Waals surface area (Å²) in [6.45, 7) is 1.70. The van der Waals surface area contributed by atoms with Gasteiger partial charge >= 0.3 is 0 Å². The Morgan fingerprint density at radius 2 is 1.87 bits per heavy atom. The van der Waals surface area contributed by atoms with Crippen LogP contribution in [0.15, 0.2) is 42.0 Å². The van der Waals surface area contributed by atoms with Crippen molar-refractivity contribution in [1.29, 1.82) is 0 Å². The number of nitrogens with one attached hydrogen (secondary N) is 1. The third-order valence-electron chi connectivity index (χ3n) is 4.55. The van der Waals surface area contributed by atoms with Gasteiger partial charge in [-0.3, -0.25) is 0 Å². The number of aromatic nitrogens is 3. The van der Waals surface area contributed by atoms with Gasteiger partial charge in [0.1, 0.15) is 16.5 Å². The number of aliphatic hydroxyl groups is 1. The number of ether oxygens (including phenoxy) is 1. The maximum absolute atomic E-state index is 9.65. The molecule has 0 atom stereocenters. The molecule has 0 amide bonds. The summed E-state index contributed by atoms with van der Waals surface area (Å²) in [6, 6.07) is 7.73. The van der Waals surface area contributed by atoms with E-state index in [0.29, 0.717) is 17.4 Å². The number of pyridine rings is 2. The van der Waals surface area contributed by atoms with Crippen LogP contribution in [-0.2, 0) is 0 Å². The van der Waals surface area contributed by atoms with Gasteiger partial charge in [0.25, 0.3) is 0 Å². The number of halogens is 3. The van der Waals surface area contributed by atoms with Crippen molar-refractivity contribution in [3.8, 4) is 16.5 Å². The summed E-state index contributed by atoms with van der Waals surface area (Å²) in [6.07, 6.45) is 5.02. The monoisotopic (exact) mass is 491 g/mol. The van der Waals surface area contributed by atoms with Gasteiger partial charge in [0, 0.05) is 24.7 Å². The van der Waals surface area contributed by atoms with E-state index in [1.54, 1.807) is 24.6 Å². The third-order valence-corrected chi connectivity index (χ3v) is 5.35. The zero-order valence-electron chi connectivity index (χ0n) is 16.2. The number of rotatable bonds is 5. The molecule has 1 fully saturated rings. The number of hydrogen-bond donors (Lipinski definition) is 2. The molecule has 164 valence electrons. The van der Waals surface area contributed by atoms with Gasteiger partial charge in [-0.1, -0.05) is 0 Å². The maximum Gasteiger partial charge on any atom is 0.175 e. The van der Waals surface area contributed by atoms with Crippen LogP contribution in [-0.4, -0.2) is 46.4 Å². The van der Waals surface area contributed by atoms with Crippen LogP contribution in [0.2, 0.25) is 0 Å². The average molecular weight is 493 g/mol. The number of anilines is 3. The second-order valence-electron chi connectivity index (χ2n) is 6.33. The minimum atomic E-state index is -0.182. The summed E-state index contributed by atoms with van der Waals surface area (Å²) < 4.78 is 5.42. The van der Waals surface area contributed by atoms with Gasteiger partial charge in [-0.15, -0.1) is 48.6 Å². The highest BCUT2D eigenvalue weighted by Gasteiger charge is 2.17.